The average Bonchev–Trinajstić information content (AvgIpc) is 2.74. The number of rotatable bonds is 11. The van der Waals surface area contributed by atoms with E-state index in [4.69, 9.17) is 9.47 Å². The highest BCUT2D eigenvalue weighted by Crippen LogP contribution is 2.27. The zero-order valence-corrected chi connectivity index (χ0v) is 18.8. The number of carbonyl (C=O) groups is 1. The van der Waals surface area contributed by atoms with Crippen molar-refractivity contribution in [2.24, 2.45) is 0 Å². The van der Waals surface area contributed by atoms with Crippen molar-refractivity contribution in [3.05, 3.63) is 53.6 Å². The number of hydrogen-bond donors (Lipinski definition) is 1. The van der Waals surface area contributed by atoms with Crippen molar-refractivity contribution in [2.45, 2.75) is 32.7 Å². The van der Waals surface area contributed by atoms with Crippen molar-refractivity contribution >= 4 is 21.6 Å². The van der Waals surface area contributed by atoms with E-state index in [0.717, 1.165) is 17.5 Å². The molecule has 2 aromatic rings. The fourth-order valence-corrected chi connectivity index (χ4v) is 4.18. The van der Waals surface area contributed by atoms with Gasteiger partial charge in [0.25, 0.3) is 0 Å². The Morgan fingerprint density at radius 2 is 1.77 bits per heavy atom. The lowest BCUT2D eigenvalue weighted by atomic mass is 10.1. The molecule has 8 heteroatoms. The fraction of sp³-hybridized carbons (Fsp3) is 0.409. The zero-order valence-electron chi connectivity index (χ0n) is 18.0. The third-order valence-corrected chi connectivity index (χ3v) is 5.92. The third kappa shape index (κ3) is 6.38. The number of benzene rings is 2. The molecule has 0 atom stereocenters. The monoisotopic (exact) mass is 434 g/mol. The van der Waals surface area contributed by atoms with Gasteiger partial charge in [-0.1, -0.05) is 31.2 Å². The van der Waals surface area contributed by atoms with Gasteiger partial charge < -0.3 is 14.8 Å². The highest BCUT2D eigenvalue weighted by molar-refractivity contribution is 7.92. The van der Waals surface area contributed by atoms with E-state index in [1.807, 2.05) is 37.3 Å². The summed E-state index contributed by atoms with van der Waals surface area (Å²) in [5, 5.41) is 2.86. The van der Waals surface area contributed by atoms with E-state index in [1.54, 1.807) is 26.4 Å². The van der Waals surface area contributed by atoms with Crippen LogP contribution in [0.2, 0.25) is 0 Å². The molecule has 0 radical (unpaired) electrons. The zero-order chi connectivity index (χ0) is 22.1. The molecular weight excluding hydrogens is 404 g/mol. The molecule has 2 aromatic carbocycles. The second-order valence-electron chi connectivity index (χ2n) is 6.89. The maximum absolute atomic E-state index is 12.3. The van der Waals surface area contributed by atoms with Gasteiger partial charge in [-0.3, -0.25) is 9.10 Å². The summed E-state index contributed by atoms with van der Waals surface area (Å²) in [5.74, 6) is 1.09. The van der Waals surface area contributed by atoms with Gasteiger partial charge in [0, 0.05) is 19.5 Å². The minimum atomic E-state index is -3.44. The van der Waals surface area contributed by atoms with Gasteiger partial charge in [0.2, 0.25) is 15.9 Å². The molecule has 0 heterocycles. The second-order valence-corrected chi connectivity index (χ2v) is 8.79. The number of methoxy groups -OCH3 is 2. The minimum Gasteiger partial charge on any atom is -0.493 e. The predicted octanol–water partition coefficient (Wildman–Crippen LogP) is 3.13. The van der Waals surface area contributed by atoms with Crippen molar-refractivity contribution < 1.29 is 22.7 Å². The van der Waals surface area contributed by atoms with Crippen molar-refractivity contribution in [1.29, 1.82) is 0 Å². The SMILES string of the molecule is CCc1ccccc1N(CCCC(=O)NCc1ccc(OC)c(OC)c1)S(C)(=O)=O. The number of nitrogens with one attached hydrogen (secondary N) is 1. The molecule has 0 aliphatic heterocycles. The van der Waals surface area contributed by atoms with Gasteiger partial charge in [0.1, 0.15) is 0 Å². The molecule has 164 valence electrons. The molecule has 0 aliphatic carbocycles. The van der Waals surface area contributed by atoms with E-state index in [1.165, 1.54) is 10.6 Å². The topological polar surface area (TPSA) is 84.9 Å². The molecule has 7 nitrogen and oxygen atoms in total. The van der Waals surface area contributed by atoms with Gasteiger partial charge in [-0.2, -0.15) is 0 Å². The van der Waals surface area contributed by atoms with Crippen molar-refractivity contribution in [3.63, 3.8) is 0 Å². The molecule has 0 bridgehead atoms. The van der Waals surface area contributed by atoms with Gasteiger partial charge in [-0.25, -0.2) is 8.42 Å². The smallest absolute Gasteiger partial charge is 0.232 e. The summed E-state index contributed by atoms with van der Waals surface area (Å²) in [6.45, 7) is 2.59. The largest absolute Gasteiger partial charge is 0.493 e. The van der Waals surface area contributed by atoms with Crippen LogP contribution in [-0.4, -0.2) is 41.3 Å². The van der Waals surface area contributed by atoms with E-state index < -0.39 is 10.0 Å². The van der Waals surface area contributed by atoms with Crippen LogP contribution < -0.4 is 19.1 Å². The number of para-hydroxylation sites is 1. The highest BCUT2D eigenvalue weighted by atomic mass is 32.2. The summed E-state index contributed by atoms with van der Waals surface area (Å²) < 4.78 is 36.5. The summed E-state index contributed by atoms with van der Waals surface area (Å²) in [6.07, 6.45) is 2.57. The van der Waals surface area contributed by atoms with Gasteiger partial charge >= 0.3 is 0 Å². The number of amides is 1. The molecule has 0 unspecified atom stereocenters. The molecule has 0 aromatic heterocycles. The molecule has 0 saturated carbocycles. The quantitative estimate of drug-likeness (QED) is 0.587. The first-order valence-corrected chi connectivity index (χ1v) is 11.7. The standard InChI is InChI=1S/C22H30N2O5S/c1-5-18-9-6-7-10-19(18)24(30(4,26)27)14-8-11-22(25)23-16-17-12-13-20(28-2)21(15-17)29-3/h6-7,9-10,12-13,15H,5,8,11,14,16H2,1-4H3,(H,23,25). The van der Waals surface area contributed by atoms with Crippen LogP contribution in [0, 0.1) is 0 Å². The Morgan fingerprint density at radius 3 is 2.40 bits per heavy atom. The first-order valence-electron chi connectivity index (χ1n) is 9.83. The first kappa shape index (κ1) is 23.5. The molecule has 1 amide bonds. The van der Waals surface area contributed by atoms with Crippen molar-refractivity contribution in [3.8, 4) is 11.5 Å². The number of sulfonamides is 1. The Hall–Kier alpha value is -2.74. The molecule has 0 aliphatic rings. The highest BCUT2D eigenvalue weighted by Gasteiger charge is 2.19. The number of hydrogen-bond acceptors (Lipinski definition) is 5. The van der Waals surface area contributed by atoms with Crippen LogP contribution in [0.5, 0.6) is 11.5 Å². The third-order valence-electron chi connectivity index (χ3n) is 4.74. The molecule has 30 heavy (non-hydrogen) atoms. The van der Waals surface area contributed by atoms with E-state index in [0.29, 0.717) is 30.2 Å². The minimum absolute atomic E-state index is 0.137. The number of ether oxygens (including phenoxy) is 2. The summed E-state index contributed by atoms with van der Waals surface area (Å²) in [4.78, 5) is 12.2. The van der Waals surface area contributed by atoms with Crippen LogP contribution in [0.25, 0.3) is 0 Å². The fourth-order valence-electron chi connectivity index (χ4n) is 3.18. The van der Waals surface area contributed by atoms with Crippen LogP contribution in [0.15, 0.2) is 42.5 Å². The summed E-state index contributed by atoms with van der Waals surface area (Å²) >= 11 is 0. The molecule has 0 fully saturated rings. The lowest BCUT2D eigenvalue weighted by molar-refractivity contribution is -0.121. The molecule has 2 rings (SSSR count). The molecule has 0 spiro atoms. The second kappa shape index (κ2) is 10.9. The Morgan fingerprint density at radius 1 is 1.07 bits per heavy atom. The van der Waals surface area contributed by atoms with Crippen LogP contribution in [-0.2, 0) is 27.8 Å². The first-order chi connectivity index (χ1) is 14.3. The normalized spacial score (nSPS) is 11.1. The number of nitrogens with zero attached hydrogens (tertiary/aromatic N) is 1. The Bertz CT molecular complexity index is 960. The number of aryl methyl sites for hydroxylation is 1. The van der Waals surface area contributed by atoms with Crippen LogP contribution in [0.3, 0.4) is 0 Å². The van der Waals surface area contributed by atoms with Gasteiger partial charge in [0.05, 0.1) is 26.2 Å². The van der Waals surface area contributed by atoms with E-state index in [2.05, 4.69) is 5.32 Å². The molecule has 1 N–H and O–H groups in total. The van der Waals surface area contributed by atoms with Crippen LogP contribution in [0.4, 0.5) is 5.69 Å². The van der Waals surface area contributed by atoms with E-state index in [-0.39, 0.29) is 18.9 Å². The van der Waals surface area contributed by atoms with Gasteiger partial charge in [0.15, 0.2) is 11.5 Å². The summed E-state index contributed by atoms with van der Waals surface area (Å²) in [5.41, 5.74) is 2.52. The average molecular weight is 435 g/mol. The predicted molar refractivity (Wildman–Crippen MR) is 119 cm³/mol. The maximum atomic E-state index is 12.3. The Labute approximate surface area is 179 Å². The number of anilines is 1. The van der Waals surface area contributed by atoms with Crippen LogP contribution >= 0.6 is 0 Å². The molecular formula is C22H30N2O5S. The Kier molecular flexibility index (Phi) is 8.53. The van der Waals surface area contributed by atoms with E-state index in [9.17, 15) is 13.2 Å². The van der Waals surface area contributed by atoms with Crippen LogP contribution in [0.1, 0.15) is 30.9 Å². The lowest BCUT2D eigenvalue weighted by Crippen LogP contribution is -2.32. The Balaban J connectivity index is 1.93. The van der Waals surface area contributed by atoms with Gasteiger partial charge in [-0.05, 0) is 42.2 Å². The lowest BCUT2D eigenvalue weighted by Gasteiger charge is -2.24. The van der Waals surface area contributed by atoms with Crippen molar-refractivity contribution in [2.75, 3.05) is 31.3 Å². The summed E-state index contributed by atoms with van der Waals surface area (Å²) in [7, 11) is -0.315. The number of carbonyl (C=O) groups excluding carboxylic acids is 1. The summed E-state index contributed by atoms with van der Waals surface area (Å²) in [6, 6.07) is 12.9. The van der Waals surface area contributed by atoms with Crippen molar-refractivity contribution in [1.82, 2.24) is 5.32 Å². The molecule has 0 saturated heterocycles. The van der Waals surface area contributed by atoms with E-state index >= 15 is 0 Å². The maximum Gasteiger partial charge on any atom is 0.232 e. The van der Waals surface area contributed by atoms with Gasteiger partial charge in [-0.15, -0.1) is 0 Å².